The van der Waals surface area contributed by atoms with Crippen LogP contribution in [0.1, 0.15) is 18.5 Å². The average molecular weight is 219 g/mol. The highest BCUT2D eigenvalue weighted by Gasteiger charge is 2.26. The van der Waals surface area contributed by atoms with E-state index in [1.165, 1.54) is 0 Å². The molecule has 0 unspecified atom stereocenters. The van der Waals surface area contributed by atoms with Gasteiger partial charge >= 0.3 is 0 Å². The van der Waals surface area contributed by atoms with E-state index in [-0.39, 0.29) is 19.0 Å². The molecule has 0 atom stereocenters. The maximum Gasteiger partial charge on any atom is 0.108 e. The molecule has 3 N–H and O–H groups in total. The standard InChI is InChI=1S/C8H14N4O.ClH/c9-7-1-6(2-7)3-12-4-8(5-13)10-11-12;/h4,6-7,13H,1-3,5,9H2;1H. The summed E-state index contributed by atoms with van der Waals surface area (Å²) in [5, 5.41) is 16.5. The summed E-state index contributed by atoms with van der Waals surface area (Å²) >= 11 is 0. The van der Waals surface area contributed by atoms with E-state index in [2.05, 4.69) is 10.3 Å². The maximum atomic E-state index is 8.76. The third-order valence-corrected chi connectivity index (χ3v) is 2.47. The Bertz CT molecular complexity index is 285. The van der Waals surface area contributed by atoms with Crippen molar-refractivity contribution in [2.24, 2.45) is 11.7 Å². The van der Waals surface area contributed by atoms with E-state index >= 15 is 0 Å². The monoisotopic (exact) mass is 218 g/mol. The Hall–Kier alpha value is -0.650. The van der Waals surface area contributed by atoms with Gasteiger partial charge in [-0.25, -0.2) is 0 Å². The third-order valence-electron chi connectivity index (χ3n) is 2.47. The normalized spacial score (nSPS) is 25.3. The van der Waals surface area contributed by atoms with Crippen LogP contribution in [0.5, 0.6) is 0 Å². The maximum absolute atomic E-state index is 8.76. The molecule has 5 nitrogen and oxygen atoms in total. The predicted molar refractivity (Wildman–Crippen MR) is 53.9 cm³/mol. The largest absolute Gasteiger partial charge is 0.390 e. The van der Waals surface area contributed by atoms with Crippen molar-refractivity contribution in [1.29, 1.82) is 0 Å². The Morgan fingerprint density at radius 3 is 2.79 bits per heavy atom. The fraction of sp³-hybridized carbons (Fsp3) is 0.750. The summed E-state index contributed by atoms with van der Waals surface area (Å²) in [5.74, 6) is 0.642. The van der Waals surface area contributed by atoms with E-state index < -0.39 is 0 Å². The van der Waals surface area contributed by atoms with Gasteiger partial charge in [0, 0.05) is 12.6 Å². The molecule has 1 aliphatic carbocycles. The van der Waals surface area contributed by atoms with Gasteiger partial charge in [-0.1, -0.05) is 5.21 Å². The van der Waals surface area contributed by atoms with Crippen LogP contribution in [-0.2, 0) is 13.2 Å². The lowest BCUT2D eigenvalue weighted by atomic mass is 9.81. The fourth-order valence-corrected chi connectivity index (χ4v) is 1.70. The van der Waals surface area contributed by atoms with Crippen LogP contribution >= 0.6 is 12.4 Å². The van der Waals surface area contributed by atoms with Crippen LogP contribution in [0.25, 0.3) is 0 Å². The molecule has 1 saturated carbocycles. The first-order valence-corrected chi connectivity index (χ1v) is 4.53. The second-order valence-corrected chi connectivity index (χ2v) is 3.69. The lowest BCUT2D eigenvalue weighted by Crippen LogP contribution is -2.38. The van der Waals surface area contributed by atoms with E-state index in [1.54, 1.807) is 10.9 Å². The van der Waals surface area contributed by atoms with Crippen molar-refractivity contribution in [3.05, 3.63) is 11.9 Å². The van der Waals surface area contributed by atoms with E-state index in [0.29, 0.717) is 17.7 Å². The van der Waals surface area contributed by atoms with E-state index in [9.17, 15) is 0 Å². The minimum Gasteiger partial charge on any atom is -0.390 e. The Kier molecular flexibility index (Phi) is 3.86. The van der Waals surface area contributed by atoms with Crippen LogP contribution < -0.4 is 5.73 Å². The summed E-state index contributed by atoms with van der Waals surface area (Å²) in [7, 11) is 0. The number of nitrogens with two attached hydrogens (primary N) is 1. The lowest BCUT2D eigenvalue weighted by Gasteiger charge is -2.31. The number of aliphatic hydroxyl groups excluding tert-OH is 1. The minimum absolute atomic E-state index is 0. The smallest absolute Gasteiger partial charge is 0.108 e. The molecule has 1 heterocycles. The zero-order valence-electron chi connectivity index (χ0n) is 7.83. The van der Waals surface area contributed by atoms with Crippen molar-refractivity contribution >= 4 is 12.4 Å². The Balaban J connectivity index is 0.000000980. The second-order valence-electron chi connectivity index (χ2n) is 3.69. The molecular weight excluding hydrogens is 204 g/mol. The molecule has 14 heavy (non-hydrogen) atoms. The first kappa shape index (κ1) is 11.4. The molecule has 0 spiro atoms. The molecular formula is C8H15ClN4O. The highest BCUT2D eigenvalue weighted by molar-refractivity contribution is 5.85. The second kappa shape index (κ2) is 4.72. The van der Waals surface area contributed by atoms with Crippen molar-refractivity contribution in [2.75, 3.05) is 0 Å². The van der Waals surface area contributed by atoms with Crippen molar-refractivity contribution in [3.63, 3.8) is 0 Å². The molecule has 0 bridgehead atoms. The number of rotatable bonds is 3. The SMILES string of the molecule is Cl.NC1CC(Cn2cc(CO)nn2)C1. The number of hydrogen-bond donors (Lipinski definition) is 2. The van der Waals surface area contributed by atoms with Gasteiger partial charge in [-0.3, -0.25) is 4.68 Å². The van der Waals surface area contributed by atoms with Gasteiger partial charge in [0.1, 0.15) is 5.69 Å². The molecule has 0 radical (unpaired) electrons. The highest BCUT2D eigenvalue weighted by atomic mass is 35.5. The van der Waals surface area contributed by atoms with Crippen molar-refractivity contribution in [1.82, 2.24) is 15.0 Å². The van der Waals surface area contributed by atoms with E-state index in [1.807, 2.05) is 0 Å². The molecule has 2 rings (SSSR count). The van der Waals surface area contributed by atoms with Crippen LogP contribution in [0.3, 0.4) is 0 Å². The van der Waals surface area contributed by atoms with Gasteiger partial charge in [0.15, 0.2) is 0 Å². The quantitative estimate of drug-likeness (QED) is 0.745. The number of hydrogen-bond acceptors (Lipinski definition) is 4. The van der Waals surface area contributed by atoms with E-state index in [0.717, 1.165) is 19.4 Å². The van der Waals surface area contributed by atoms with Crippen molar-refractivity contribution in [3.8, 4) is 0 Å². The summed E-state index contributed by atoms with van der Waals surface area (Å²) in [6.07, 6.45) is 3.94. The number of halogens is 1. The number of aromatic nitrogens is 3. The summed E-state index contributed by atoms with van der Waals surface area (Å²) < 4.78 is 1.78. The third kappa shape index (κ3) is 2.43. The molecule has 6 heteroatoms. The molecule has 0 saturated heterocycles. The van der Waals surface area contributed by atoms with Crippen molar-refractivity contribution in [2.45, 2.75) is 32.0 Å². The molecule has 0 aromatic carbocycles. The molecule has 1 fully saturated rings. The van der Waals surface area contributed by atoms with Gasteiger partial charge in [-0.05, 0) is 18.8 Å². The summed E-state index contributed by atoms with van der Waals surface area (Å²) in [5.41, 5.74) is 6.30. The van der Waals surface area contributed by atoms with Crippen LogP contribution in [0.15, 0.2) is 6.20 Å². The molecule has 0 aliphatic heterocycles. The molecule has 1 aromatic heterocycles. The van der Waals surface area contributed by atoms with Gasteiger partial charge in [-0.15, -0.1) is 17.5 Å². The Labute approximate surface area is 88.7 Å². The van der Waals surface area contributed by atoms with Crippen LogP contribution in [-0.4, -0.2) is 26.1 Å². The Morgan fingerprint density at radius 1 is 1.57 bits per heavy atom. The van der Waals surface area contributed by atoms with Gasteiger partial charge < -0.3 is 10.8 Å². The van der Waals surface area contributed by atoms with Crippen molar-refractivity contribution < 1.29 is 5.11 Å². The first-order valence-electron chi connectivity index (χ1n) is 4.53. The number of aliphatic hydroxyl groups is 1. The summed E-state index contributed by atoms with van der Waals surface area (Å²) in [6, 6.07) is 0.380. The fourth-order valence-electron chi connectivity index (χ4n) is 1.70. The first-order chi connectivity index (χ1) is 6.28. The summed E-state index contributed by atoms with van der Waals surface area (Å²) in [4.78, 5) is 0. The molecule has 1 aliphatic rings. The zero-order valence-corrected chi connectivity index (χ0v) is 8.65. The van der Waals surface area contributed by atoms with Gasteiger partial charge in [-0.2, -0.15) is 0 Å². The highest BCUT2D eigenvalue weighted by Crippen LogP contribution is 2.26. The van der Waals surface area contributed by atoms with Crippen LogP contribution in [0.4, 0.5) is 0 Å². The van der Waals surface area contributed by atoms with Crippen LogP contribution in [0.2, 0.25) is 0 Å². The van der Waals surface area contributed by atoms with Gasteiger partial charge in [0.2, 0.25) is 0 Å². The minimum atomic E-state index is -0.0375. The molecule has 80 valence electrons. The summed E-state index contributed by atoms with van der Waals surface area (Å²) in [6.45, 7) is 0.838. The molecule has 0 amide bonds. The molecule has 1 aromatic rings. The average Bonchev–Trinajstić information content (AvgIpc) is 2.50. The van der Waals surface area contributed by atoms with Crippen LogP contribution in [0, 0.1) is 5.92 Å². The number of nitrogens with zero attached hydrogens (tertiary/aromatic N) is 3. The lowest BCUT2D eigenvalue weighted by molar-refractivity contribution is 0.225. The Morgan fingerprint density at radius 2 is 2.29 bits per heavy atom. The predicted octanol–water partition coefficient (Wildman–Crippen LogP) is -0.0705. The topological polar surface area (TPSA) is 77.0 Å². The van der Waals surface area contributed by atoms with Gasteiger partial charge in [0.25, 0.3) is 0 Å². The van der Waals surface area contributed by atoms with Gasteiger partial charge in [0.05, 0.1) is 12.8 Å². The zero-order chi connectivity index (χ0) is 9.26. The van der Waals surface area contributed by atoms with E-state index in [4.69, 9.17) is 10.8 Å².